The number of fused-ring (bicyclic) bond motifs is 1. The first-order valence-corrected chi connectivity index (χ1v) is 7.54. The Kier molecular flexibility index (Phi) is 4.38. The van der Waals surface area contributed by atoms with Gasteiger partial charge in [0.25, 0.3) is 0 Å². The number of aromatic nitrogens is 1. The number of carbonyl (C=O) groups is 1. The van der Waals surface area contributed by atoms with Crippen molar-refractivity contribution in [3.63, 3.8) is 0 Å². The van der Waals surface area contributed by atoms with E-state index in [1.807, 2.05) is 6.92 Å². The zero-order chi connectivity index (χ0) is 13.1. The van der Waals surface area contributed by atoms with Crippen LogP contribution in [0.5, 0.6) is 0 Å². The topological polar surface area (TPSA) is 39.2 Å². The summed E-state index contributed by atoms with van der Waals surface area (Å²) >= 11 is 1.70. The summed E-state index contributed by atoms with van der Waals surface area (Å²) in [7, 11) is 0. The van der Waals surface area contributed by atoms with Crippen molar-refractivity contribution in [3.8, 4) is 0 Å². The Labute approximate surface area is 113 Å². The summed E-state index contributed by atoms with van der Waals surface area (Å²) in [6, 6.07) is 0. The van der Waals surface area contributed by atoms with Crippen LogP contribution < -0.4 is 0 Å². The maximum absolute atomic E-state index is 11.4. The number of aryl methyl sites for hydroxylation is 1. The van der Waals surface area contributed by atoms with E-state index in [1.54, 1.807) is 11.3 Å². The Bertz CT molecular complexity index is 425. The Morgan fingerprint density at radius 2 is 2.33 bits per heavy atom. The molecule has 1 aromatic heterocycles. The number of thiazole rings is 1. The average molecular weight is 267 g/mol. The molecule has 4 heteroatoms. The maximum atomic E-state index is 11.4. The first kappa shape index (κ1) is 13.5. The minimum Gasteiger partial charge on any atom is -0.466 e. The van der Waals surface area contributed by atoms with Gasteiger partial charge in [-0.15, -0.1) is 11.3 Å². The normalized spacial score (nSPS) is 18.8. The van der Waals surface area contributed by atoms with Crippen LogP contribution in [-0.2, 0) is 28.8 Å². The van der Waals surface area contributed by atoms with Gasteiger partial charge in [0.1, 0.15) is 5.01 Å². The van der Waals surface area contributed by atoms with Crippen LogP contribution in [0.25, 0.3) is 0 Å². The molecule has 0 spiro atoms. The second-order valence-electron chi connectivity index (χ2n) is 5.21. The van der Waals surface area contributed by atoms with E-state index in [4.69, 9.17) is 4.74 Å². The summed E-state index contributed by atoms with van der Waals surface area (Å²) in [5.41, 5.74) is 1.22. The van der Waals surface area contributed by atoms with Crippen LogP contribution in [0.4, 0.5) is 0 Å². The molecular formula is C14H21NO2S. The van der Waals surface area contributed by atoms with Crippen molar-refractivity contribution >= 4 is 17.3 Å². The molecule has 0 amide bonds. The SMILES string of the molecule is CCOC(=O)Cc1nc2c(s1)CC(C(C)C)CC2. The third kappa shape index (κ3) is 3.10. The molecule has 100 valence electrons. The number of rotatable bonds is 4. The molecule has 1 aliphatic rings. The summed E-state index contributed by atoms with van der Waals surface area (Å²) in [5.74, 6) is 1.34. The van der Waals surface area contributed by atoms with Crippen LogP contribution in [0.1, 0.15) is 42.8 Å². The minimum absolute atomic E-state index is 0.163. The van der Waals surface area contributed by atoms with Gasteiger partial charge in [-0.05, 0) is 38.0 Å². The van der Waals surface area contributed by atoms with Gasteiger partial charge in [-0.3, -0.25) is 4.79 Å². The highest BCUT2D eigenvalue weighted by Gasteiger charge is 2.24. The summed E-state index contributed by atoms with van der Waals surface area (Å²) in [6.45, 7) is 6.85. The predicted octanol–water partition coefficient (Wildman–Crippen LogP) is 3.01. The molecule has 0 radical (unpaired) electrons. The van der Waals surface area contributed by atoms with Gasteiger partial charge in [-0.1, -0.05) is 13.8 Å². The molecule has 1 heterocycles. The van der Waals surface area contributed by atoms with Crippen LogP contribution in [-0.4, -0.2) is 17.6 Å². The molecule has 18 heavy (non-hydrogen) atoms. The van der Waals surface area contributed by atoms with E-state index < -0.39 is 0 Å². The molecule has 0 saturated carbocycles. The fraction of sp³-hybridized carbons (Fsp3) is 0.714. The fourth-order valence-corrected chi connectivity index (χ4v) is 3.63. The Morgan fingerprint density at radius 1 is 1.56 bits per heavy atom. The Hall–Kier alpha value is -0.900. The van der Waals surface area contributed by atoms with Crippen molar-refractivity contribution < 1.29 is 9.53 Å². The van der Waals surface area contributed by atoms with Gasteiger partial charge in [-0.2, -0.15) is 0 Å². The summed E-state index contributed by atoms with van der Waals surface area (Å²) in [5, 5.41) is 0.919. The molecular weight excluding hydrogens is 246 g/mol. The molecule has 0 saturated heterocycles. The molecule has 1 aliphatic carbocycles. The van der Waals surface area contributed by atoms with Crippen LogP contribution in [0, 0.1) is 11.8 Å². The number of esters is 1. The average Bonchev–Trinajstić information content (AvgIpc) is 2.69. The van der Waals surface area contributed by atoms with Crippen molar-refractivity contribution in [2.45, 2.75) is 46.5 Å². The first-order valence-electron chi connectivity index (χ1n) is 6.73. The predicted molar refractivity (Wildman–Crippen MR) is 72.8 cm³/mol. The third-order valence-electron chi connectivity index (χ3n) is 3.57. The minimum atomic E-state index is -0.163. The Morgan fingerprint density at radius 3 is 3.00 bits per heavy atom. The third-order valence-corrected chi connectivity index (χ3v) is 4.69. The van der Waals surface area contributed by atoms with E-state index in [1.165, 1.54) is 17.0 Å². The Balaban J connectivity index is 2.03. The zero-order valence-corrected chi connectivity index (χ0v) is 12.2. The standard InChI is InChI=1S/C14H21NO2S/c1-4-17-14(16)8-13-15-11-6-5-10(9(2)3)7-12(11)18-13/h9-10H,4-8H2,1-3H3. The van der Waals surface area contributed by atoms with Crippen LogP contribution in [0.3, 0.4) is 0 Å². The lowest BCUT2D eigenvalue weighted by Gasteiger charge is -2.24. The number of hydrogen-bond acceptors (Lipinski definition) is 4. The van der Waals surface area contributed by atoms with Crippen molar-refractivity contribution in [3.05, 3.63) is 15.6 Å². The van der Waals surface area contributed by atoms with Gasteiger partial charge in [0, 0.05) is 4.88 Å². The molecule has 0 bridgehead atoms. The van der Waals surface area contributed by atoms with Gasteiger partial charge in [-0.25, -0.2) is 4.98 Å². The highest BCUT2D eigenvalue weighted by Crippen LogP contribution is 2.33. The van der Waals surface area contributed by atoms with E-state index in [-0.39, 0.29) is 5.97 Å². The summed E-state index contributed by atoms with van der Waals surface area (Å²) in [6.07, 6.45) is 3.76. The first-order chi connectivity index (χ1) is 8.60. The van der Waals surface area contributed by atoms with Crippen molar-refractivity contribution in [2.75, 3.05) is 6.61 Å². The highest BCUT2D eigenvalue weighted by molar-refractivity contribution is 7.11. The quantitative estimate of drug-likeness (QED) is 0.787. The maximum Gasteiger partial charge on any atom is 0.312 e. The van der Waals surface area contributed by atoms with Gasteiger partial charge in [0.05, 0.1) is 18.7 Å². The smallest absolute Gasteiger partial charge is 0.312 e. The highest BCUT2D eigenvalue weighted by atomic mass is 32.1. The van der Waals surface area contributed by atoms with Gasteiger partial charge in [0.15, 0.2) is 0 Å². The van der Waals surface area contributed by atoms with Crippen molar-refractivity contribution in [1.29, 1.82) is 0 Å². The number of ether oxygens (including phenoxy) is 1. The van der Waals surface area contributed by atoms with E-state index in [9.17, 15) is 4.79 Å². The summed E-state index contributed by atoms with van der Waals surface area (Å²) in [4.78, 5) is 17.4. The fourth-order valence-electron chi connectivity index (χ4n) is 2.43. The molecule has 3 nitrogen and oxygen atoms in total. The number of nitrogens with zero attached hydrogens (tertiary/aromatic N) is 1. The van der Waals surface area contributed by atoms with Crippen molar-refractivity contribution in [1.82, 2.24) is 4.98 Å². The van der Waals surface area contributed by atoms with E-state index in [0.29, 0.717) is 13.0 Å². The lowest BCUT2D eigenvalue weighted by Crippen LogP contribution is -2.17. The largest absolute Gasteiger partial charge is 0.466 e. The second kappa shape index (κ2) is 5.83. The van der Waals surface area contributed by atoms with Crippen LogP contribution >= 0.6 is 11.3 Å². The molecule has 1 atom stereocenters. The summed E-state index contributed by atoms with van der Waals surface area (Å²) < 4.78 is 4.96. The second-order valence-corrected chi connectivity index (χ2v) is 6.37. The van der Waals surface area contributed by atoms with Crippen LogP contribution in [0.15, 0.2) is 0 Å². The number of hydrogen-bond donors (Lipinski definition) is 0. The van der Waals surface area contributed by atoms with Crippen molar-refractivity contribution in [2.24, 2.45) is 11.8 Å². The lowest BCUT2D eigenvalue weighted by atomic mass is 9.83. The van der Waals surface area contributed by atoms with Gasteiger partial charge in [0.2, 0.25) is 0 Å². The number of carbonyl (C=O) groups excluding carboxylic acids is 1. The monoisotopic (exact) mass is 267 g/mol. The molecule has 2 rings (SSSR count). The van der Waals surface area contributed by atoms with Crippen LogP contribution in [0.2, 0.25) is 0 Å². The van der Waals surface area contributed by atoms with E-state index in [0.717, 1.165) is 29.7 Å². The molecule has 0 aliphatic heterocycles. The van der Waals surface area contributed by atoms with E-state index >= 15 is 0 Å². The van der Waals surface area contributed by atoms with Gasteiger partial charge < -0.3 is 4.74 Å². The molecule has 0 aromatic carbocycles. The van der Waals surface area contributed by atoms with Gasteiger partial charge >= 0.3 is 5.97 Å². The molecule has 0 N–H and O–H groups in total. The zero-order valence-electron chi connectivity index (χ0n) is 11.4. The van der Waals surface area contributed by atoms with E-state index in [2.05, 4.69) is 18.8 Å². The molecule has 1 unspecified atom stereocenters. The lowest BCUT2D eigenvalue weighted by molar-refractivity contribution is -0.142. The molecule has 0 fully saturated rings. The molecule has 1 aromatic rings.